The molecule has 4 N–H and O–H groups in total. The fraction of sp³-hybridized carbons (Fsp3) is 0.333. The van der Waals surface area contributed by atoms with Crippen LogP contribution in [0.2, 0.25) is 0 Å². The smallest absolute Gasteiger partial charge is 0.263 e. The molecule has 0 spiro atoms. The minimum absolute atomic E-state index is 0.0205. The summed E-state index contributed by atoms with van der Waals surface area (Å²) in [4.78, 5) is 24.4. The minimum atomic E-state index is -0.230. The van der Waals surface area contributed by atoms with Crippen LogP contribution < -0.4 is 16.4 Å². The summed E-state index contributed by atoms with van der Waals surface area (Å²) >= 11 is 1.22. The Morgan fingerprint density at radius 2 is 2.40 bits per heavy atom. The summed E-state index contributed by atoms with van der Waals surface area (Å²) in [7, 11) is 0. The van der Waals surface area contributed by atoms with Crippen molar-refractivity contribution in [1.29, 1.82) is 0 Å². The normalized spacial score (nSPS) is 18.8. The molecule has 1 saturated heterocycles. The number of carbonyl (C=O) groups is 2. The molecule has 2 aromatic rings. The zero-order valence-corrected chi connectivity index (χ0v) is 11.4. The summed E-state index contributed by atoms with van der Waals surface area (Å²) in [5.41, 5.74) is 6.41. The molecule has 8 heteroatoms. The van der Waals surface area contributed by atoms with Gasteiger partial charge in [-0.1, -0.05) is 0 Å². The van der Waals surface area contributed by atoms with Crippen LogP contribution in [0.3, 0.4) is 0 Å². The Morgan fingerprint density at radius 1 is 1.55 bits per heavy atom. The third-order valence-electron chi connectivity index (χ3n) is 3.23. The molecule has 0 saturated carbocycles. The molecule has 1 fully saturated rings. The van der Waals surface area contributed by atoms with Crippen molar-refractivity contribution in [3.05, 3.63) is 17.1 Å². The predicted octanol–water partition coefficient (Wildman–Crippen LogP) is 0.282. The van der Waals surface area contributed by atoms with E-state index in [1.54, 1.807) is 12.3 Å². The standard InChI is InChI=1S/C12H13N5O2S/c13-9-7-3-4-15-17-12(7)20-10(9)11(19)16-6-1-2-8(18)14-5-6/h3-4,6H,1-2,5,13H2,(H,14,18)(H,16,19). The van der Waals surface area contributed by atoms with Crippen molar-refractivity contribution in [1.82, 2.24) is 20.8 Å². The number of nitrogen functional groups attached to an aromatic ring is 1. The van der Waals surface area contributed by atoms with Gasteiger partial charge in [0.05, 0.1) is 11.9 Å². The van der Waals surface area contributed by atoms with Gasteiger partial charge in [-0.25, -0.2) is 0 Å². The van der Waals surface area contributed by atoms with Gasteiger partial charge in [-0.05, 0) is 12.5 Å². The lowest BCUT2D eigenvalue weighted by atomic mass is 10.1. The van der Waals surface area contributed by atoms with Crippen molar-refractivity contribution in [3.63, 3.8) is 0 Å². The number of nitrogens with two attached hydrogens (primary N) is 1. The highest BCUT2D eigenvalue weighted by atomic mass is 32.1. The molecule has 2 aromatic heterocycles. The Morgan fingerprint density at radius 3 is 3.10 bits per heavy atom. The lowest BCUT2D eigenvalue weighted by Crippen LogP contribution is -2.47. The average Bonchev–Trinajstić information content (AvgIpc) is 2.79. The maximum absolute atomic E-state index is 12.2. The number of hydrogen-bond donors (Lipinski definition) is 3. The van der Waals surface area contributed by atoms with E-state index < -0.39 is 0 Å². The zero-order valence-electron chi connectivity index (χ0n) is 10.5. The second-order valence-corrected chi connectivity index (χ2v) is 5.61. The molecule has 20 heavy (non-hydrogen) atoms. The van der Waals surface area contributed by atoms with Crippen LogP contribution in [0.4, 0.5) is 5.69 Å². The molecule has 104 valence electrons. The lowest BCUT2D eigenvalue weighted by Gasteiger charge is -2.23. The number of rotatable bonds is 2. The van der Waals surface area contributed by atoms with Crippen molar-refractivity contribution in [3.8, 4) is 0 Å². The van der Waals surface area contributed by atoms with E-state index in [0.29, 0.717) is 34.8 Å². The number of anilines is 1. The van der Waals surface area contributed by atoms with E-state index in [2.05, 4.69) is 20.8 Å². The van der Waals surface area contributed by atoms with Crippen molar-refractivity contribution in [2.75, 3.05) is 12.3 Å². The van der Waals surface area contributed by atoms with Crippen LogP contribution in [0, 0.1) is 0 Å². The van der Waals surface area contributed by atoms with Crippen molar-refractivity contribution in [2.45, 2.75) is 18.9 Å². The molecule has 3 heterocycles. The summed E-state index contributed by atoms with van der Waals surface area (Å²) in [6, 6.07) is 1.68. The highest BCUT2D eigenvalue weighted by Gasteiger charge is 2.23. The van der Waals surface area contributed by atoms with E-state index in [-0.39, 0.29) is 17.9 Å². The number of piperidine rings is 1. The number of hydrogen-bond acceptors (Lipinski definition) is 6. The first-order valence-electron chi connectivity index (χ1n) is 6.22. The number of nitrogens with zero attached hydrogens (tertiary/aromatic N) is 2. The second kappa shape index (κ2) is 5.04. The molecule has 7 nitrogen and oxygen atoms in total. The van der Waals surface area contributed by atoms with Crippen LogP contribution in [0.25, 0.3) is 10.2 Å². The molecular weight excluding hydrogens is 278 g/mol. The van der Waals surface area contributed by atoms with Crippen LogP contribution >= 0.6 is 11.3 Å². The van der Waals surface area contributed by atoms with Gasteiger partial charge in [0, 0.05) is 24.4 Å². The third-order valence-corrected chi connectivity index (χ3v) is 4.33. The van der Waals surface area contributed by atoms with E-state index in [9.17, 15) is 9.59 Å². The Bertz CT molecular complexity index is 674. The molecule has 0 aromatic carbocycles. The lowest BCUT2D eigenvalue weighted by molar-refractivity contribution is -0.122. The van der Waals surface area contributed by atoms with Crippen LogP contribution in [-0.2, 0) is 4.79 Å². The molecule has 0 radical (unpaired) electrons. The van der Waals surface area contributed by atoms with Crippen molar-refractivity contribution >= 4 is 39.1 Å². The predicted molar refractivity (Wildman–Crippen MR) is 75.3 cm³/mol. The van der Waals surface area contributed by atoms with Gasteiger partial charge in [0.25, 0.3) is 5.91 Å². The van der Waals surface area contributed by atoms with Crippen molar-refractivity contribution in [2.24, 2.45) is 0 Å². The molecule has 1 atom stereocenters. The number of nitrogens with one attached hydrogen (secondary N) is 2. The maximum Gasteiger partial charge on any atom is 0.263 e. The summed E-state index contributed by atoms with van der Waals surface area (Å²) in [6.07, 6.45) is 2.62. The van der Waals surface area contributed by atoms with Crippen LogP contribution in [-0.4, -0.2) is 34.6 Å². The highest BCUT2D eigenvalue weighted by Crippen LogP contribution is 2.31. The number of thiophene rings is 1. The molecule has 0 aliphatic carbocycles. The average molecular weight is 291 g/mol. The SMILES string of the molecule is Nc1c(C(=O)NC2CCC(=O)NC2)sc2nnccc12. The van der Waals surface area contributed by atoms with Gasteiger partial charge in [-0.2, -0.15) is 5.10 Å². The fourth-order valence-electron chi connectivity index (χ4n) is 2.15. The summed E-state index contributed by atoms with van der Waals surface area (Å²) in [5, 5.41) is 14.1. The quantitative estimate of drug-likeness (QED) is 0.736. The van der Waals surface area contributed by atoms with Crippen LogP contribution in [0.1, 0.15) is 22.5 Å². The first kappa shape index (κ1) is 12.8. The van der Waals surface area contributed by atoms with Gasteiger partial charge in [0.1, 0.15) is 9.71 Å². The molecule has 1 aliphatic rings. The summed E-state index contributed by atoms with van der Waals surface area (Å²) < 4.78 is 0. The first-order chi connectivity index (χ1) is 9.65. The van der Waals surface area contributed by atoms with Gasteiger partial charge in [0.15, 0.2) is 0 Å². The zero-order chi connectivity index (χ0) is 14.1. The number of amides is 2. The van der Waals surface area contributed by atoms with Gasteiger partial charge >= 0.3 is 0 Å². The van der Waals surface area contributed by atoms with Gasteiger partial charge in [0.2, 0.25) is 5.91 Å². The van der Waals surface area contributed by atoms with Crippen molar-refractivity contribution < 1.29 is 9.59 Å². The summed E-state index contributed by atoms with van der Waals surface area (Å²) in [5.74, 6) is -0.209. The van der Waals surface area contributed by atoms with E-state index >= 15 is 0 Å². The van der Waals surface area contributed by atoms with E-state index in [1.807, 2.05) is 0 Å². The number of carbonyl (C=O) groups excluding carboxylic acids is 2. The Balaban J connectivity index is 1.79. The van der Waals surface area contributed by atoms with Crippen LogP contribution in [0.5, 0.6) is 0 Å². The molecule has 2 amide bonds. The number of fused-ring (bicyclic) bond motifs is 1. The second-order valence-electron chi connectivity index (χ2n) is 4.61. The monoisotopic (exact) mass is 291 g/mol. The largest absolute Gasteiger partial charge is 0.397 e. The first-order valence-corrected chi connectivity index (χ1v) is 7.04. The van der Waals surface area contributed by atoms with E-state index in [0.717, 1.165) is 5.39 Å². The van der Waals surface area contributed by atoms with Gasteiger partial charge in [-0.3, -0.25) is 9.59 Å². The number of aromatic nitrogens is 2. The molecular formula is C12H13N5O2S. The van der Waals surface area contributed by atoms with Gasteiger partial charge in [-0.15, -0.1) is 16.4 Å². The molecule has 0 bridgehead atoms. The molecule has 3 rings (SSSR count). The van der Waals surface area contributed by atoms with Gasteiger partial charge < -0.3 is 16.4 Å². The highest BCUT2D eigenvalue weighted by molar-refractivity contribution is 7.21. The topological polar surface area (TPSA) is 110 Å². The van der Waals surface area contributed by atoms with E-state index in [1.165, 1.54) is 11.3 Å². The molecule has 1 unspecified atom stereocenters. The third kappa shape index (κ3) is 2.29. The van der Waals surface area contributed by atoms with Crippen LogP contribution in [0.15, 0.2) is 12.3 Å². The maximum atomic E-state index is 12.2. The Hall–Kier alpha value is -2.22. The Kier molecular flexibility index (Phi) is 3.23. The fourth-order valence-corrected chi connectivity index (χ4v) is 3.09. The van der Waals surface area contributed by atoms with E-state index in [4.69, 9.17) is 5.73 Å². The summed E-state index contributed by atoms with van der Waals surface area (Å²) in [6.45, 7) is 0.454. The minimum Gasteiger partial charge on any atom is -0.397 e. The Labute approximate surface area is 118 Å². The molecule has 1 aliphatic heterocycles.